The number of carbonyl (C=O) groups is 1. The molecule has 0 aliphatic heterocycles. The molecule has 0 radical (unpaired) electrons. The van der Waals surface area contributed by atoms with Gasteiger partial charge in [-0.3, -0.25) is 10.1 Å². The van der Waals surface area contributed by atoms with E-state index in [1.54, 1.807) is 19.0 Å². The Morgan fingerprint density at radius 2 is 2.11 bits per heavy atom. The van der Waals surface area contributed by atoms with Gasteiger partial charge in [0.15, 0.2) is 5.69 Å². The maximum atomic E-state index is 14.2. The van der Waals surface area contributed by atoms with Gasteiger partial charge in [-0.2, -0.15) is 0 Å². The van der Waals surface area contributed by atoms with Crippen molar-refractivity contribution in [3.63, 3.8) is 0 Å². The first kappa shape index (κ1) is 20.6. The number of thiazole rings is 1. The van der Waals surface area contributed by atoms with Gasteiger partial charge in [0.1, 0.15) is 10.8 Å². The van der Waals surface area contributed by atoms with Crippen LogP contribution in [0.4, 0.5) is 15.1 Å². The van der Waals surface area contributed by atoms with Crippen molar-refractivity contribution in [1.29, 1.82) is 5.41 Å². The van der Waals surface area contributed by atoms with Crippen molar-refractivity contribution in [1.82, 2.24) is 9.88 Å². The molecular formula is C15H18FN5O4S2. The molecule has 1 aromatic heterocycles. The zero-order chi connectivity index (χ0) is 20.2. The molecule has 0 unspecified atom stereocenters. The molecule has 0 saturated carbocycles. The Morgan fingerprint density at radius 1 is 1.41 bits per heavy atom. The van der Waals surface area contributed by atoms with Crippen LogP contribution in [-0.2, 0) is 10.0 Å². The second kappa shape index (κ2) is 8.31. The van der Waals surface area contributed by atoms with Crippen molar-refractivity contribution in [2.45, 2.75) is 11.3 Å². The molecule has 0 saturated heterocycles. The molecule has 0 aliphatic carbocycles. The van der Waals surface area contributed by atoms with E-state index in [4.69, 9.17) is 10.5 Å². The lowest BCUT2D eigenvalue weighted by Crippen LogP contribution is -2.23. The number of nitrogens with zero attached hydrogens (tertiary/aromatic N) is 2. The van der Waals surface area contributed by atoms with Gasteiger partial charge in [0.25, 0.3) is 10.0 Å². The van der Waals surface area contributed by atoms with Crippen LogP contribution in [0.1, 0.15) is 16.9 Å². The molecule has 27 heavy (non-hydrogen) atoms. The molecule has 12 heteroatoms. The molecule has 146 valence electrons. The number of benzene rings is 1. The number of hydrogen-bond donors (Lipinski definition) is 4. The van der Waals surface area contributed by atoms with Gasteiger partial charge in [-0.05, 0) is 18.2 Å². The molecule has 0 atom stereocenters. The number of aromatic nitrogens is 1. The van der Waals surface area contributed by atoms with Crippen LogP contribution in [-0.4, -0.2) is 55.9 Å². The van der Waals surface area contributed by atoms with Crippen LogP contribution in [0.25, 0.3) is 0 Å². The van der Waals surface area contributed by atoms with E-state index in [0.29, 0.717) is 18.8 Å². The summed E-state index contributed by atoms with van der Waals surface area (Å²) in [7, 11) is -0.714. The summed E-state index contributed by atoms with van der Waals surface area (Å²) in [6, 6.07) is 3.31. The van der Waals surface area contributed by atoms with E-state index >= 15 is 0 Å². The topological polar surface area (TPSA) is 135 Å². The number of anilines is 2. The lowest BCUT2D eigenvalue weighted by atomic mass is 10.3. The lowest BCUT2D eigenvalue weighted by Gasteiger charge is -2.14. The Morgan fingerprint density at radius 3 is 2.70 bits per heavy atom. The molecule has 1 aromatic carbocycles. The smallest absolute Gasteiger partial charge is 0.357 e. The standard InChI is InChI=1S/C15H18FN5O4S2/c1-21(2)12(17)5-6-18-11-4-3-9(7-10(11)16)27(24,25)20-14-13(15(22)23)19-8-26-14/h3-4,7-8,17-18,20H,5-6H2,1-2H3,(H,22,23). The number of carboxylic acid groups (broad SMARTS) is 1. The van der Waals surface area contributed by atoms with Gasteiger partial charge in [-0.15, -0.1) is 11.3 Å². The van der Waals surface area contributed by atoms with Crippen molar-refractivity contribution in [3.05, 3.63) is 35.2 Å². The van der Waals surface area contributed by atoms with Crippen LogP contribution >= 0.6 is 11.3 Å². The predicted octanol–water partition coefficient (Wildman–Crippen LogP) is 2.12. The molecule has 0 spiro atoms. The lowest BCUT2D eigenvalue weighted by molar-refractivity contribution is 0.0692. The van der Waals surface area contributed by atoms with E-state index in [1.165, 1.54) is 17.6 Å². The summed E-state index contributed by atoms with van der Waals surface area (Å²) in [6.07, 6.45) is 0.372. The number of hydrogen-bond acceptors (Lipinski definition) is 7. The zero-order valence-corrected chi connectivity index (χ0v) is 16.1. The Kier molecular flexibility index (Phi) is 6.33. The first-order valence-corrected chi connectivity index (χ1v) is 9.96. The number of halogens is 1. The molecule has 0 bridgehead atoms. The van der Waals surface area contributed by atoms with Gasteiger partial charge in [-0.25, -0.2) is 22.6 Å². The van der Waals surface area contributed by atoms with Crippen LogP contribution in [0.2, 0.25) is 0 Å². The van der Waals surface area contributed by atoms with Crippen molar-refractivity contribution >= 4 is 43.9 Å². The summed E-state index contributed by atoms with van der Waals surface area (Å²) in [5, 5.41) is 19.3. The van der Waals surface area contributed by atoms with Gasteiger partial charge >= 0.3 is 5.97 Å². The number of nitrogens with one attached hydrogen (secondary N) is 3. The van der Waals surface area contributed by atoms with E-state index < -0.39 is 27.5 Å². The molecule has 9 nitrogen and oxygen atoms in total. The minimum Gasteiger partial charge on any atom is -0.476 e. The highest BCUT2D eigenvalue weighted by atomic mass is 32.2. The molecule has 4 N–H and O–H groups in total. The Hall–Kier alpha value is -2.73. The quantitative estimate of drug-likeness (QED) is 0.383. The number of carboxylic acids is 1. The number of rotatable bonds is 8. The Balaban J connectivity index is 2.12. The summed E-state index contributed by atoms with van der Waals surface area (Å²) in [5.41, 5.74) is 0.871. The van der Waals surface area contributed by atoms with E-state index in [-0.39, 0.29) is 15.6 Å². The summed E-state index contributed by atoms with van der Waals surface area (Å²) >= 11 is 0.810. The average Bonchev–Trinajstić information content (AvgIpc) is 3.03. The third-order valence-electron chi connectivity index (χ3n) is 3.47. The molecule has 2 aromatic rings. The van der Waals surface area contributed by atoms with Crippen molar-refractivity contribution in [2.75, 3.05) is 30.7 Å². The number of aromatic carboxylic acids is 1. The highest BCUT2D eigenvalue weighted by Gasteiger charge is 2.22. The fraction of sp³-hybridized carbons (Fsp3) is 0.267. The van der Waals surface area contributed by atoms with Crippen LogP contribution < -0.4 is 10.0 Å². The number of sulfonamides is 1. The summed E-state index contributed by atoms with van der Waals surface area (Å²) in [4.78, 5) is 15.9. The minimum absolute atomic E-state index is 0.101. The molecular weight excluding hydrogens is 397 g/mol. The second-order valence-corrected chi connectivity index (χ2v) is 8.14. The first-order valence-electron chi connectivity index (χ1n) is 7.59. The summed E-state index contributed by atoms with van der Waals surface area (Å²) in [5.74, 6) is -1.79. The Bertz CT molecular complexity index is 959. The van der Waals surface area contributed by atoms with E-state index in [1.807, 2.05) is 0 Å². The van der Waals surface area contributed by atoms with E-state index in [2.05, 4.69) is 15.0 Å². The van der Waals surface area contributed by atoms with Gasteiger partial charge in [-0.1, -0.05) is 0 Å². The van der Waals surface area contributed by atoms with E-state index in [0.717, 1.165) is 17.4 Å². The van der Waals surface area contributed by atoms with Crippen molar-refractivity contribution < 1.29 is 22.7 Å². The zero-order valence-electron chi connectivity index (χ0n) is 14.5. The highest BCUT2D eigenvalue weighted by molar-refractivity contribution is 7.93. The molecule has 0 fully saturated rings. The van der Waals surface area contributed by atoms with Gasteiger partial charge in [0.2, 0.25) is 0 Å². The van der Waals surface area contributed by atoms with Gasteiger partial charge < -0.3 is 15.3 Å². The van der Waals surface area contributed by atoms with Crippen LogP contribution in [0.15, 0.2) is 28.6 Å². The normalized spacial score (nSPS) is 11.1. The third-order valence-corrected chi connectivity index (χ3v) is 5.68. The van der Waals surface area contributed by atoms with Gasteiger partial charge in [0.05, 0.1) is 21.9 Å². The van der Waals surface area contributed by atoms with Crippen molar-refractivity contribution in [2.24, 2.45) is 0 Å². The summed E-state index contributed by atoms with van der Waals surface area (Å²) < 4.78 is 41.1. The number of amidine groups is 1. The maximum Gasteiger partial charge on any atom is 0.357 e. The van der Waals surface area contributed by atoms with Crippen LogP contribution in [0, 0.1) is 11.2 Å². The fourth-order valence-electron chi connectivity index (χ4n) is 2.00. The second-order valence-electron chi connectivity index (χ2n) is 5.60. The average molecular weight is 415 g/mol. The highest BCUT2D eigenvalue weighted by Crippen LogP contribution is 2.25. The largest absolute Gasteiger partial charge is 0.476 e. The molecule has 0 amide bonds. The van der Waals surface area contributed by atoms with E-state index in [9.17, 15) is 17.6 Å². The van der Waals surface area contributed by atoms with Crippen LogP contribution in [0.5, 0.6) is 0 Å². The molecule has 1 heterocycles. The van der Waals surface area contributed by atoms with Crippen LogP contribution in [0.3, 0.4) is 0 Å². The van der Waals surface area contributed by atoms with Gasteiger partial charge in [0, 0.05) is 27.1 Å². The van der Waals surface area contributed by atoms with Crippen molar-refractivity contribution in [3.8, 4) is 0 Å². The minimum atomic E-state index is -4.18. The Labute approximate surface area is 159 Å². The predicted molar refractivity (Wildman–Crippen MR) is 101 cm³/mol. The SMILES string of the molecule is CN(C)C(=N)CCNc1ccc(S(=O)(=O)Nc2scnc2C(=O)O)cc1F. The third kappa shape index (κ3) is 5.14. The molecule has 0 aliphatic rings. The monoisotopic (exact) mass is 415 g/mol. The first-order chi connectivity index (χ1) is 12.6. The maximum absolute atomic E-state index is 14.2. The fourth-order valence-corrected chi connectivity index (χ4v) is 4.00. The molecule has 2 rings (SSSR count). The summed E-state index contributed by atoms with van der Waals surface area (Å²) in [6.45, 7) is 0.307.